The number of aliphatic imine (C=N–C) groups is 1. The number of ether oxygens (including phenoxy) is 1. The number of amides is 1. The molecule has 0 spiro atoms. The lowest BCUT2D eigenvalue weighted by Crippen LogP contribution is -2.27. The van der Waals surface area contributed by atoms with Gasteiger partial charge in [-0.1, -0.05) is 73.9 Å². The van der Waals surface area contributed by atoms with E-state index < -0.39 is 6.04 Å². The van der Waals surface area contributed by atoms with Crippen molar-refractivity contribution in [1.82, 2.24) is 39.7 Å². The van der Waals surface area contributed by atoms with Crippen LogP contribution >= 0.6 is 22.9 Å². The van der Waals surface area contributed by atoms with Gasteiger partial charge in [0, 0.05) is 46.7 Å². The third-order valence-corrected chi connectivity index (χ3v) is 13.1. The summed E-state index contributed by atoms with van der Waals surface area (Å²) in [4.78, 5) is 22.1. The average Bonchev–Trinajstić information content (AvgIpc) is 3.93. The Morgan fingerprint density at radius 3 is 2.25 bits per heavy atom. The number of thiophene rings is 1. The minimum absolute atomic E-state index is 0.00248. The van der Waals surface area contributed by atoms with E-state index in [1.807, 2.05) is 86.0 Å². The number of aromatic hydroxyl groups is 3. The van der Waals surface area contributed by atoms with Crippen LogP contribution in [0, 0.1) is 20.8 Å². The third-order valence-electron chi connectivity index (χ3n) is 11.7. The molecule has 4 N–H and O–H groups in total. The van der Waals surface area contributed by atoms with Crippen LogP contribution in [0.1, 0.15) is 95.5 Å². The molecule has 16 heteroatoms. The van der Waals surface area contributed by atoms with Gasteiger partial charge in [-0.15, -0.1) is 26.6 Å². The maximum absolute atomic E-state index is 13.4. The van der Waals surface area contributed by atoms with Crippen molar-refractivity contribution in [3.05, 3.63) is 140 Å². The lowest BCUT2D eigenvalue weighted by Gasteiger charge is -2.21. The SMILES string of the molecule is CCN(Cc1ccc(OCCCNC(=O)C[C@@H]2N=C(c3ccc(Cl)cc3)c3c(sc(C)c3C)-n3c(C)nnc32)cc1)Cc1ccc(-n2c(O)nnc2-c2cc(C(C)C)c(O)cc2O)cc1. The van der Waals surface area contributed by atoms with E-state index >= 15 is 0 Å². The normalized spacial score (nSPS) is 13.4. The second kappa shape index (κ2) is 19.3. The molecule has 0 saturated heterocycles. The summed E-state index contributed by atoms with van der Waals surface area (Å²) >= 11 is 7.93. The Balaban J connectivity index is 0.835. The summed E-state index contributed by atoms with van der Waals surface area (Å²) < 4.78 is 9.57. The first-order valence-electron chi connectivity index (χ1n) is 21.7. The number of aromatic nitrogens is 6. The smallest absolute Gasteiger partial charge is 0.319 e. The Kier molecular flexibility index (Phi) is 13.4. The summed E-state index contributed by atoms with van der Waals surface area (Å²) in [5.41, 5.74) is 7.75. The number of carbonyl (C=O) groups is 1. The molecule has 0 radical (unpaired) electrons. The third kappa shape index (κ3) is 9.63. The summed E-state index contributed by atoms with van der Waals surface area (Å²) in [7, 11) is 0. The molecule has 65 heavy (non-hydrogen) atoms. The zero-order valence-electron chi connectivity index (χ0n) is 37.2. The van der Waals surface area contributed by atoms with E-state index in [4.69, 9.17) is 21.3 Å². The number of aryl methyl sites for hydroxylation is 2. The summed E-state index contributed by atoms with van der Waals surface area (Å²) in [5, 5.41) is 53.3. The van der Waals surface area contributed by atoms with Gasteiger partial charge in [-0.3, -0.25) is 19.3 Å². The molecule has 7 aromatic rings. The number of halogens is 1. The van der Waals surface area contributed by atoms with Gasteiger partial charge in [-0.05, 0) is 104 Å². The molecule has 1 aliphatic rings. The van der Waals surface area contributed by atoms with E-state index in [9.17, 15) is 20.1 Å². The van der Waals surface area contributed by atoms with Crippen LogP contribution in [-0.2, 0) is 17.9 Å². The zero-order chi connectivity index (χ0) is 45.9. The van der Waals surface area contributed by atoms with Crippen molar-refractivity contribution in [3.63, 3.8) is 0 Å². The highest BCUT2D eigenvalue weighted by Crippen LogP contribution is 2.41. The summed E-state index contributed by atoms with van der Waals surface area (Å²) in [6.07, 6.45) is 0.744. The molecule has 336 valence electrons. The van der Waals surface area contributed by atoms with Crippen LogP contribution in [0.5, 0.6) is 23.3 Å². The Bertz CT molecular complexity index is 2850. The van der Waals surface area contributed by atoms with E-state index in [1.54, 1.807) is 17.4 Å². The lowest BCUT2D eigenvalue weighted by molar-refractivity contribution is -0.121. The van der Waals surface area contributed by atoms with Crippen LogP contribution in [-0.4, -0.2) is 81.1 Å². The van der Waals surface area contributed by atoms with Gasteiger partial charge in [-0.2, -0.15) is 0 Å². The van der Waals surface area contributed by atoms with Crippen molar-refractivity contribution in [2.75, 3.05) is 19.7 Å². The molecule has 0 fully saturated rings. The number of nitrogens with one attached hydrogen (secondary N) is 1. The Morgan fingerprint density at radius 2 is 1.57 bits per heavy atom. The fourth-order valence-corrected chi connectivity index (χ4v) is 9.37. The molecule has 4 aromatic carbocycles. The van der Waals surface area contributed by atoms with Crippen molar-refractivity contribution in [2.45, 2.75) is 79.4 Å². The van der Waals surface area contributed by atoms with Crippen molar-refractivity contribution in [3.8, 4) is 45.3 Å². The molecule has 1 amide bonds. The quantitative estimate of drug-likeness (QED) is 0.0684. The van der Waals surface area contributed by atoms with Gasteiger partial charge in [0.2, 0.25) is 5.91 Å². The fourth-order valence-electron chi connectivity index (χ4n) is 8.03. The summed E-state index contributed by atoms with van der Waals surface area (Å²) in [6.45, 7) is 15.3. The summed E-state index contributed by atoms with van der Waals surface area (Å²) in [5.74, 6) is 2.11. The minimum Gasteiger partial charge on any atom is -0.508 e. The number of nitrogens with zero attached hydrogens (tertiary/aromatic N) is 8. The molecule has 0 saturated carbocycles. The number of benzene rings is 4. The van der Waals surface area contributed by atoms with Crippen LogP contribution in [0.2, 0.25) is 5.02 Å². The van der Waals surface area contributed by atoms with Crippen molar-refractivity contribution >= 4 is 34.6 Å². The molecule has 0 bridgehead atoms. The molecule has 1 atom stereocenters. The van der Waals surface area contributed by atoms with Gasteiger partial charge >= 0.3 is 6.01 Å². The molecule has 4 heterocycles. The zero-order valence-corrected chi connectivity index (χ0v) is 38.8. The highest BCUT2D eigenvalue weighted by molar-refractivity contribution is 7.15. The molecule has 8 rings (SSSR count). The van der Waals surface area contributed by atoms with Crippen LogP contribution < -0.4 is 10.1 Å². The number of fused-ring (bicyclic) bond motifs is 3. The van der Waals surface area contributed by atoms with Crippen molar-refractivity contribution in [2.24, 2.45) is 4.99 Å². The van der Waals surface area contributed by atoms with Gasteiger partial charge < -0.3 is 25.4 Å². The van der Waals surface area contributed by atoms with E-state index in [2.05, 4.69) is 63.5 Å². The minimum atomic E-state index is -0.539. The topological polar surface area (TPSA) is 176 Å². The van der Waals surface area contributed by atoms with E-state index in [1.165, 1.54) is 15.5 Å². The maximum Gasteiger partial charge on any atom is 0.319 e. The Labute approximate surface area is 386 Å². The molecule has 0 aliphatic carbocycles. The Hall–Kier alpha value is -6.55. The molecular weight excluding hydrogens is 862 g/mol. The average molecular weight is 915 g/mol. The predicted molar refractivity (Wildman–Crippen MR) is 253 cm³/mol. The number of carbonyl (C=O) groups excluding carboxylic acids is 1. The lowest BCUT2D eigenvalue weighted by atomic mass is 9.98. The van der Waals surface area contributed by atoms with Gasteiger partial charge in [0.1, 0.15) is 34.1 Å². The molecular formula is C49H52ClN9O5S. The van der Waals surface area contributed by atoms with Gasteiger partial charge in [0.25, 0.3) is 0 Å². The van der Waals surface area contributed by atoms with Crippen LogP contribution in [0.4, 0.5) is 0 Å². The number of hydrogen-bond acceptors (Lipinski definition) is 12. The number of phenolic OH excluding ortho intramolecular Hbond substituents is 2. The monoisotopic (exact) mass is 913 g/mol. The largest absolute Gasteiger partial charge is 0.508 e. The number of phenols is 2. The van der Waals surface area contributed by atoms with Gasteiger partial charge in [0.15, 0.2) is 11.6 Å². The van der Waals surface area contributed by atoms with Crippen molar-refractivity contribution < 1.29 is 24.9 Å². The Morgan fingerprint density at radius 1 is 0.877 bits per heavy atom. The summed E-state index contributed by atoms with van der Waals surface area (Å²) in [6, 6.07) is 25.6. The van der Waals surface area contributed by atoms with Crippen LogP contribution in [0.25, 0.3) is 22.1 Å². The van der Waals surface area contributed by atoms with Gasteiger partial charge in [-0.25, -0.2) is 4.57 Å². The molecule has 1 aliphatic heterocycles. The highest BCUT2D eigenvalue weighted by atomic mass is 35.5. The first kappa shape index (κ1) is 45.0. The standard InChI is InChI=1S/C49H52ClN9O5S/c1-7-57(26-32-9-17-36(18-10-32)59-46(54-56-49(59)63)39-23-38(28(2)3)41(60)25-42(39)61)27-33-11-19-37(20-12-33)64-22-8-21-51-43(62)24-40-47-55-53-31(6)58(47)48-44(29(4)30(5)65-48)45(52-40)34-13-15-35(50)16-14-34/h9-20,23,25,28,40,60-61H,7-8,21-22,24,26-27H2,1-6H3,(H,51,62)(H,56,63)/t40-/m0/s1. The molecule has 14 nitrogen and oxygen atoms in total. The van der Waals surface area contributed by atoms with E-state index in [0.717, 1.165) is 63.2 Å². The first-order valence-corrected chi connectivity index (χ1v) is 22.9. The molecule has 3 aromatic heterocycles. The highest BCUT2D eigenvalue weighted by Gasteiger charge is 2.32. The maximum atomic E-state index is 13.4. The number of rotatable bonds is 16. The first-order chi connectivity index (χ1) is 31.3. The number of hydrogen-bond donors (Lipinski definition) is 4. The van der Waals surface area contributed by atoms with E-state index in [0.29, 0.717) is 53.8 Å². The second-order valence-corrected chi connectivity index (χ2v) is 18.2. The van der Waals surface area contributed by atoms with E-state index in [-0.39, 0.29) is 41.6 Å². The fraction of sp³-hybridized carbons (Fsp3) is 0.306. The van der Waals surface area contributed by atoms with Gasteiger partial charge in [0.05, 0.1) is 30.0 Å². The van der Waals surface area contributed by atoms with Crippen LogP contribution in [0.3, 0.4) is 0 Å². The predicted octanol–water partition coefficient (Wildman–Crippen LogP) is 9.28. The molecule has 0 unspecified atom stereocenters. The van der Waals surface area contributed by atoms with Crippen LogP contribution in [0.15, 0.2) is 89.9 Å². The second-order valence-electron chi connectivity index (χ2n) is 16.5. The van der Waals surface area contributed by atoms with Crippen molar-refractivity contribution in [1.29, 1.82) is 0 Å².